The second kappa shape index (κ2) is 8.39. The normalized spacial score (nSPS) is 19.0. The summed E-state index contributed by atoms with van der Waals surface area (Å²) in [6.45, 7) is 5.91. The molecule has 0 aliphatic carbocycles. The lowest BCUT2D eigenvalue weighted by molar-refractivity contribution is -0.122. The molecule has 2 amide bonds. The minimum atomic E-state index is -0.461. The van der Waals surface area contributed by atoms with Crippen LogP contribution in [0.5, 0.6) is 0 Å². The Morgan fingerprint density at radius 2 is 1.96 bits per heavy atom. The number of carbonyl (C=O) groups is 2. The molecule has 0 unspecified atom stereocenters. The number of rotatable bonds is 5. The Morgan fingerprint density at radius 1 is 1.22 bits per heavy atom. The summed E-state index contributed by atoms with van der Waals surface area (Å²) in [7, 11) is 0. The second-order valence-electron chi connectivity index (χ2n) is 6.69. The first-order valence-corrected chi connectivity index (χ1v) is 9.77. The highest BCUT2D eigenvalue weighted by Crippen LogP contribution is 2.26. The van der Waals surface area contributed by atoms with Gasteiger partial charge in [-0.1, -0.05) is 54.2 Å². The van der Waals surface area contributed by atoms with E-state index >= 15 is 0 Å². The molecule has 1 aliphatic rings. The van der Waals surface area contributed by atoms with E-state index in [1.807, 2.05) is 69.3 Å². The standard InChI is InChI=1S/C21H23N3O2S/c1-13-9-10-14(2)17(11-13)23-19(25)12-18-20(26)24-21(27-18)22-15(3)16-7-5-4-6-8-16/h4-11,15,18H,12H2,1-3H3,(H,23,25)(H,22,24,26)/t15-,18-/m1/s1. The fourth-order valence-electron chi connectivity index (χ4n) is 2.82. The Hall–Kier alpha value is -2.60. The van der Waals surface area contributed by atoms with Gasteiger partial charge in [0.1, 0.15) is 5.25 Å². The van der Waals surface area contributed by atoms with Crippen molar-refractivity contribution >= 4 is 34.4 Å². The number of nitrogens with one attached hydrogen (secondary N) is 2. The smallest absolute Gasteiger partial charge is 0.240 e. The third kappa shape index (κ3) is 4.98. The van der Waals surface area contributed by atoms with Gasteiger partial charge in [-0.25, -0.2) is 0 Å². The number of thioether (sulfide) groups is 1. The van der Waals surface area contributed by atoms with Crippen LogP contribution < -0.4 is 10.6 Å². The zero-order valence-electron chi connectivity index (χ0n) is 15.7. The van der Waals surface area contributed by atoms with Crippen molar-refractivity contribution in [2.75, 3.05) is 5.32 Å². The number of hydrogen-bond acceptors (Lipinski definition) is 4. The molecule has 1 saturated heterocycles. The predicted octanol–water partition coefficient (Wildman–Crippen LogP) is 3.98. The predicted molar refractivity (Wildman–Crippen MR) is 111 cm³/mol. The molecule has 1 heterocycles. The maximum atomic E-state index is 12.4. The molecule has 1 fully saturated rings. The largest absolute Gasteiger partial charge is 0.326 e. The van der Waals surface area contributed by atoms with Gasteiger partial charge in [0, 0.05) is 12.1 Å². The van der Waals surface area contributed by atoms with E-state index in [0.29, 0.717) is 5.17 Å². The number of amides is 2. The molecule has 2 aromatic rings. The van der Waals surface area contributed by atoms with Crippen molar-refractivity contribution in [2.24, 2.45) is 4.99 Å². The number of aliphatic imine (C=N–C) groups is 1. The third-order valence-electron chi connectivity index (χ3n) is 4.41. The minimum absolute atomic E-state index is 0.0588. The van der Waals surface area contributed by atoms with Crippen molar-refractivity contribution in [3.63, 3.8) is 0 Å². The molecule has 2 aromatic carbocycles. The highest BCUT2D eigenvalue weighted by Gasteiger charge is 2.32. The van der Waals surface area contributed by atoms with E-state index < -0.39 is 5.25 Å². The van der Waals surface area contributed by atoms with Gasteiger partial charge in [-0.15, -0.1) is 0 Å². The van der Waals surface area contributed by atoms with Crippen molar-refractivity contribution in [1.82, 2.24) is 5.32 Å². The van der Waals surface area contributed by atoms with Gasteiger partial charge in [0.05, 0.1) is 6.04 Å². The lowest BCUT2D eigenvalue weighted by Crippen LogP contribution is -2.28. The molecule has 0 spiro atoms. The number of anilines is 1. The molecule has 27 heavy (non-hydrogen) atoms. The van der Waals surface area contributed by atoms with Gasteiger partial charge in [-0.2, -0.15) is 0 Å². The lowest BCUT2D eigenvalue weighted by Gasteiger charge is -2.10. The Morgan fingerprint density at radius 3 is 2.70 bits per heavy atom. The molecule has 1 aliphatic heterocycles. The SMILES string of the molecule is Cc1ccc(C)c(NC(=O)C[C@H]2SC(=N[C@H](C)c3ccccc3)NC2=O)c1. The fourth-order valence-corrected chi connectivity index (χ4v) is 3.87. The third-order valence-corrected chi connectivity index (χ3v) is 5.50. The van der Waals surface area contributed by atoms with E-state index in [-0.39, 0.29) is 24.3 Å². The van der Waals surface area contributed by atoms with Crippen LogP contribution in [-0.2, 0) is 9.59 Å². The topological polar surface area (TPSA) is 70.6 Å². The summed E-state index contributed by atoms with van der Waals surface area (Å²) in [6, 6.07) is 15.7. The molecular weight excluding hydrogens is 358 g/mol. The van der Waals surface area contributed by atoms with Crippen LogP contribution in [0.25, 0.3) is 0 Å². The summed E-state index contributed by atoms with van der Waals surface area (Å²) in [5.41, 5.74) is 3.94. The van der Waals surface area contributed by atoms with Crippen molar-refractivity contribution in [1.29, 1.82) is 0 Å². The molecule has 2 N–H and O–H groups in total. The molecule has 0 radical (unpaired) electrons. The molecule has 0 aromatic heterocycles. The van der Waals surface area contributed by atoms with Gasteiger partial charge in [-0.05, 0) is 43.5 Å². The maximum Gasteiger partial charge on any atom is 0.240 e. The van der Waals surface area contributed by atoms with E-state index in [2.05, 4.69) is 15.6 Å². The Kier molecular flexibility index (Phi) is 5.96. The van der Waals surface area contributed by atoms with E-state index in [9.17, 15) is 9.59 Å². The summed E-state index contributed by atoms with van der Waals surface area (Å²) in [4.78, 5) is 29.2. The minimum Gasteiger partial charge on any atom is -0.326 e. The van der Waals surface area contributed by atoms with Gasteiger partial charge in [0.15, 0.2) is 5.17 Å². The highest BCUT2D eigenvalue weighted by atomic mass is 32.2. The summed E-state index contributed by atoms with van der Waals surface area (Å²) < 4.78 is 0. The quantitative estimate of drug-likeness (QED) is 0.823. The van der Waals surface area contributed by atoms with Crippen LogP contribution in [0.2, 0.25) is 0 Å². The van der Waals surface area contributed by atoms with E-state index in [1.165, 1.54) is 11.8 Å². The van der Waals surface area contributed by atoms with Crippen molar-refractivity contribution < 1.29 is 9.59 Å². The van der Waals surface area contributed by atoms with Crippen molar-refractivity contribution in [3.05, 3.63) is 65.2 Å². The number of amidine groups is 1. The van der Waals surface area contributed by atoms with Crippen LogP contribution in [0, 0.1) is 13.8 Å². The maximum absolute atomic E-state index is 12.4. The van der Waals surface area contributed by atoms with Crippen molar-refractivity contribution in [2.45, 2.75) is 38.5 Å². The van der Waals surface area contributed by atoms with Crippen LogP contribution in [0.15, 0.2) is 53.5 Å². The molecule has 3 rings (SSSR count). The number of nitrogens with zero attached hydrogens (tertiary/aromatic N) is 1. The average Bonchev–Trinajstić information content (AvgIpc) is 2.97. The Bertz CT molecular complexity index is 880. The van der Waals surface area contributed by atoms with E-state index in [1.54, 1.807) is 0 Å². The second-order valence-corrected chi connectivity index (χ2v) is 7.88. The molecule has 5 nitrogen and oxygen atoms in total. The molecule has 0 bridgehead atoms. The van der Waals surface area contributed by atoms with Crippen LogP contribution in [-0.4, -0.2) is 22.2 Å². The van der Waals surface area contributed by atoms with Crippen molar-refractivity contribution in [3.8, 4) is 0 Å². The molecule has 6 heteroatoms. The lowest BCUT2D eigenvalue weighted by atomic mass is 10.1. The fraction of sp³-hybridized carbons (Fsp3) is 0.286. The molecule has 2 atom stereocenters. The van der Waals surface area contributed by atoms with Gasteiger partial charge < -0.3 is 10.6 Å². The first-order chi connectivity index (χ1) is 12.9. The first-order valence-electron chi connectivity index (χ1n) is 8.90. The van der Waals surface area contributed by atoms with E-state index in [0.717, 1.165) is 22.4 Å². The number of benzene rings is 2. The van der Waals surface area contributed by atoms with Crippen LogP contribution in [0.4, 0.5) is 5.69 Å². The number of aryl methyl sites for hydroxylation is 2. The average molecular weight is 382 g/mol. The Balaban J connectivity index is 1.61. The van der Waals surface area contributed by atoms with Gasteiger partial charge in [-0.3, -0.25) is 14.6 Å². The zero-order chi connectivity index (χ0) is 19.4. The molecule has 0 saturated carbocycles. The molecular formula is C21H23N3O2S. The molecule has 140 valence electrons. The van der Waals surface area contributed by atoms with Crippen LogP contribution in [0.1, 0.15) is 36.1 Å². The summed E-state index contributed by atoms with van der Waals surface area (Å²) in [6.07, 6.45) is 0.114. The highest BCUT2D eigenvalue weighted by molar-refractivity contribution is 8.15. The van der Waals surface area contributed by atoms with Crippen LogP contribution in [0.3, 0.4) is 0 Å². The Labute approximate surface area is 163 Å². The summed E-state index contributed by atoms with van der Waals surface area (Å²) >= 11 is 1.32. The number of carbonyl (C=O) groups excluding carboxylic acids is 2. The summed E-state index contributed by atoms with van der Waals surface area (Å²) in [5.74, 6) is -0.344. The van der Waals surface area contributed by atoms with Gasteiger partial charge >= 0.3 is 0 Å². The first kappa shape index (κ1) is 19.2. The van der Waals surface area contributed by atoms with Gasteiger partial charge in [0.25, 0.3) is 0 Å². The zero-order valence-corrected chi connectivity index (χ0v) is 16.5. The van der Waals surface area contributed by atoms with E-state index in [4.69, 9.17) is 0 Å². The summed E-state index contributed by atoms with van der Waals surface area (Å²) in [5, 5.41) is 5.81. The number of hydrogen-bond donors (Lipinski definition) is 2. The van der Waals surface area contributed by atoms with Gasteiger partial charge in [0.2, 0.25) is 11.8 Å². The monoisotopic (exact) mass is 381 g/mol. The van der Waals surface area contributed by atoms with Crippen LogP contribution >= 0.6 is 11.8 Å².